The summed E-state index contributed by atoms with van der Waals surface area (Å²) in [6.07, 6.45) is 0.168. The third kappa shape index (κ3) is 3.49. The summed E-state index contributed by atoms with van der Waals surface area (Å²) in [4.78, 5) is 11.1. The van der Waals surface area contributed by atoms with Crippen molar-refractivity contribution in [2.45, 2.75) is 29.8 Å². The highest BCUT2D eigenvalue weighted by Crippen LogP contribution is 2.40. The van der Waals surface area contributed by atoms with Crippen molar-refractivity contribution >= 4 is 51.5 Å². The molecule has 5 nitrogen and oxygen atoms in total. The number of hydrogen-bond donors (Lipinski definition) is 0. The van der Waals surface area contributed by atoms with Gasteiger partial charge < -0.3 is 14.4 Å². The maximum atomic E-state index is 6.04. The summed E-state index contributed by atoms with van der Waals surface area (Å²) in [6.45, 7) is 5.46. The molecule has 1 saturated heterocycles. The van der Waals surface area contributed by atoms with Crippen LogP contribution in [-0.2, 0) is 8.53 Å². The van der Waals surface area contributed by atoms with E-state index in [9.17, 15) is 0 Å². The van der Waals surface area contributed by atoms with Crippen molar-refractivity contribution in [1.29, 1.82) is 0 Å². The number of fused-ring (bicyclic) bond motifs is 1. The minimum Gasteiger partial charge on any atom is -0.494 e. The lowest BCUT2D eigenvalue weighted by atomic mass is 10.1. The first-order valence-electron chi connectivity index (χ1n) is 7.62. The second kappa shape index (κ2) is 6.71. The third-order valence-electron chi connectivity index (χ3n) is 3.86. The number of morpholine rings is 1. The Morgan fingerprint density at radius 3 is 2.42 bits per heavy atom. The molecule has 2 heterocycles. The van der Waals surface area contributed by atoms with Gasteiger partial charge in [-0.25, -0.2) is 9.97 Å². The lowest BCUT2D eigenvalue weighted by Crippen LogP contribution is -2.46. The molecule has 0 unspecified atom stereocenters. The number of rotatable bonds is 2. The van der Waals surface area contributed by atoms with E-state index < -0.39 is 3.79 Å². The van der Waals surface area contributed by atoms with Gasteiger partial charge >= 0.3 is 0 Å². The van der Waals surface area contributed by atoms with Crippen LogP contribution < -0.4 is 9.64 Å². The number of alkyl halides is 3. The zero-order valence-corrected chi connectivity index (χ0v) is 15.9. The predicted octanol–water partition coefficient (Wildman–Crippen LogP) is 4.08. The van der Waals surface area contributed by atoms with Crippen LogP contribution in [0.2, 0.25) is 0 Å². The summed E-state index contributed by atoms with van der Waals surface area (Å²) in [6, 6.07) is 5.67. The molecule has 2 aromatic rings. The van der Waals surface area contributed by atoms with Gasteiger partial charge in [0.2, 0.25) is 3.79 Å². The molecule has 0 N–H and O–H groups in total. The maximum absolute atomic E-state index is 6.04. The highest BCUT2D eigenvalue weighted by atomic mass is 35.6. The van der Waals surface area contributed by atoms with Crippen LogP contribution >= 0.6 is 34.8 Å². The monoisotopic (exact) mass is 389 g/mol. The standard InChI is InChI=1S/C16H18Cl3N3O2/c1-9-7-22(8-10(2)24-9)14-11-5-4-6-12(23-3)13(11)20-15(21-14)16(17,18)19/h4-6,9-10H,7-8H2,1-3H3/t9-,10-/m0/s1. The summed E-state index contributed by atoms with van der Waals surface area (Å²) in [5, 5.41) is 0.855. The van der Waals surface area contributed by atoms with Crippen LogP contribution in [0.25, 0.3) is 10.9 Å². The average molecular weight is 391 g/mol. The number of hydrogen-bond acceptors (Lipinski definition) is 5. The molecular formula is C16H18Cl3N3O2. The van der Waals surface area contributed by atoms with E-state index in [1.165, 1.54) is 0 Å². The van der Waals surface area contributed by atoms with Gasteiger partial charge in [-0.1, -0.05) is 40.9 Å². The van der Waals surface area contributed by atoms with Crippen molar-refractivity contribution in [2.75, 3.05) is 25.1 Å². The first-order chi connectivity index (χ1) is 11.3. The molecule has 0 amide bonds. The first kappa shape index (κ1) is 17.8. The van der Waals surface area contributed by atoms with Gasteiger partial charge in [0, 0.05) is 18.5 Å². The molecule has 0 spiro atoms. The van der Waals surface area contributed by atoms with Crippen LogP contribution in [0.15, 0.2) is 18.2 Å². The second-order valence-corrected chi connectivity index (χ2v) is 8.17. The Balaban J connectivity index is 2.21. The average Bonchev–Trinajstić information content (AvgIpc) is 2.51. The Hall–Kier alpha value is -1.01. The molecule has 1 aliphatic heterocycles. The molecule has 8 heteroatoms. The molecule has 1 aromatic heterocycles. The summed E-state index contributed by atoms with van der Waals surface area (Å²) in [7, 11) is 1.59. The highest BCUT2D eigenvalue weighted by Gasteiger charge is 2.31. The minimum absolute atomic E-state index is 0.0839. The molecule has 130 valence electrons. The van der Waals surface area contributed by atoms with Crippen molar-refractivity contribution in [1.82, 2.24) is 9.97 Å². The number of aromatic nitrogens is 2. The molecule has 2 atom stereocenters. The smallest absolute Gasteiger partial charge is 0.250 e. The number of anilines is 1. The maximum Gasteiger partial charge on any atom is 0.250 e. The van der Waals surface area contributed by atoms with Crippen LogP contribution in [0, 0.1) is 0 Å². The topological polar surface area (TPSA) is 47.5 Å². The van der Waals surface area contributed by atoms with Gasteiger partial charge in [0.05, 0.1) is 19.3 Å². The van der Waals surface area contributed by atoms with Gasteiger partial charge in [-0.15, -0.1) is 0 Å². The van der Waals surface area contributed by atoms with Crippen LogP contribution in [0.3, 0.4) is 0 Å². The molecule has 1 fully saturated rings. The van der Waals surface area contributed by atoms with Crippen molar-refractivity contribution in [3.63, 3.8) is 0 Å². The predicted molar refractivity (Wildman–Crippen MR) is 97.5 cm³/mol. The molecule has 1 aliphatic rings. The fourth-order valence-corrected chi connectivity index (χ4v) is 3.25. The summed E-state index contributed by atoms with van der Waals surface area (Å²) < 4.78 is 9.51. The van der Waals surface area contributed by atoms with Crippen molar-refractivity contribution in [3.05, 3.63) is 24.0 Å². The van der Waals surface area contributed by atoms with Gasteiger partial charge in [-0.05, 0) is 26.0 Å². The molecule has 1 aromatic carbocycles. The molecule has 0 aliphatic carbocycles. The quantitative estimate of drug-likeness (QED) is 0.723. The third-order valence-corrected chi connectivity index (χ3v) is 4.37. The largest absolute Gasteiger partial charge is 0.494 e. The SMILES string of the molecule is COc1cccc2c(N3C[C@H](C)O[C@@H](C)C3)nc(C(Cl)(Cl)Cl)nc12. The molecule has 3 rings (SSSR count). The Morgan fingerprint density at radius 2 is 1.83 bits per heavy atom. The van der Waals surface area contributed by atoms with E-state index in [2.05, 4.69) is 14.9 Å². The Labute approximate surface area is 155 Å². The fourth-order valence-electron chi connectivity index (χ4n) is 2.99. The lowest BCUT2D eigenvalue weighted by Gasteiger charge is -2.36. The van der Waals surface area contributed by atoms with Crippen LogP contribution in [-0.4, -0.2) is 42.4 Å². The van der Waals surface area contributed by atoms with Gasteiger partial charge in [-0.2, -0.15) is 0 Å². The fraction of sp³-hybridized carbons (Fsp3) is 0.500. The number of para-hydroxylation sites is 1. The molecule has 0 radical (unpaired) electrons. The summed E-state index contributed by atoms with van der Waals surface area (Å²) in [5.74, 6) is 1.47. The second-order valence-electron chi connectivity index (χ2n) is 5.89. The number of halogens is 3. The van der Waals surface area contributed by atoms with Crippen molar-refractivity contribution in [2.24, 2.45) is 0 Å². The van der Waals surface area contributed by atoms with Gasteiger partial charge in [0.1, 0.15) is 17.1 Å². The van der Waals surface area contributed by atoms with Crippen molar-refractivity contribution < 1.29 is 9.47 Å². The lowest BCUT2D eigenvalue weighted by molar-refractivity contribution is -0.00538. The summed E-state index contributed by atoms with van der Waals surface area (Å²) in [5.41, 5.74) is 0.623. The highest BCUT2D eigenvalue weighted by molar-refractivity contribution is 6.66. The Bertz CT molecular complexity index is 741. The number of benzene rings is 1. The van der Waals surface area contributed by atoms with Gasteiger partial charge in [-0.3, -0.25) is 0 Å². The number of ether oxygens (including phenoxy) is 2. The van der Waals surface area contributed by atoms with E-state index in [1.807, 2.05) is 32.0 Å². The minimum atomic E-state index is -1.71. The molecule has 0 bridgehead atoms. The molecule has 24 heavy (non-hydrogen) atoms. The van der Waals surface area contributed by atoms with Crippen LogP contribution in [0.5, 0.6) is 5.75 Å². The zero-order valence-electron chi connectivity index (χ0n) is 13.6. The Morgan fingerprint density at radius 1 is 1.17 bits per heavy atom. The first-order valence-corrected chi connectivity index (χ1v) is 8.75. The van der Waals surface area contributed by atoms with E-state index >= 15 is 0 Å². The number of nitrogens with zero attached hydrogens (tertiary/aromatic N) is 3. The van der Waals surface area contributed by atoms with E-state index in [4.69, 9.17) is 44.3 Å². The van der Waals surface area contributed by atoms with E-state index in [1.54, 1.807) is 7.11 Å². The van der Waals surface area contributed by atoms with E-state index in [0.717, 1.165) is 11.2 Å². The molecule has 0 saturated carbocycles. The Kier molecular flexibility index (Phi) is 4.98. The van der Waals surface area contributed by atoms with Crippen LogP contribution in [0.4, 0.5) is 5.82 Å². The summed E-state index contributed by atoms with van der Waals surface area (Å²) >= 11 is 18.1. The molecular weight excluding hydrogens is 373 g/mol. The normalized spacial score (nSPS) is 22.0. The van der Waals surface area contributed by atoms with E-state index in [0.29, 0.717) is 24.4 Å². The van der Waals surface area contributed by atoms with E-state index in [-0.39, 0.29) is 18.0 Å². The van der Waals surface area contributed by atoms with Crippen molar-refractivity contribution in [3.8, 4) is 5.75 Å². The zero-order chi connectivity index (χ0) is 17.5. The van der Waals surface area contributed by atoms with Crippen LogP contribution in [0.1, 0.15) is 19.7 Å². The van der Waals surface area contributed by atoms with Gasteiger partial charge in [0.15, 0.2) is 5.82 Å². The van der Waals surface area contributed by atoms with Gasteiger partial charge in [0.25, 0.3) is 0 Å². The number of methoxy groups -OCH3 is 1.